The Morgan fingerprint density at radius 2 is 2.04 bits per heavy atom. The van der Waals surface area contributed by atoms with Crippen molar-refractivity contribution in [2.45, 2.75) is 13.2 Å². The highest BCUT2D eigenvalue weighted by Crippen LogP contribution is 2.31. The highest BCUT2D eigenvalue weighted by molar-refractivity contribution is 6.32. The van der Waals surface area contributed by atoms with E-state index in [-0.39, 0.29) is 6.61 Å². The third-order valence-corrected chi connectivity index (χ3v) is 3.85. The number of aliphatic hydroxyl groups is 1. The standard InChI is InChI=1S/C18H14ClN3O2/c19-16-3-1-2-4-17(16)24-18-7-13(5-6-14(18)8-20)10-22-12-21-9-15(22)11-23/h1-7,9,12,23H,10-11H2. The number of rotatable bonds is 5. The number of nitrogens with zero attached hydrogens (tertiary/aromatic N) is 3. The predicted octanol–water partition coefficient (Wildman–Crippen LogP) is 3.74. The van der Waals surface area contributed by atoms with Crippen LogP contribution in [0, 0.1) is 11.3 Å². The van der Waals surface area contributed by atoms with E-state index in [9.17, 15) is 10.4 Å². The molecule has 5 nitrogen and oxygen atoms in total. The van der Waals surface area contributed by atoms with Crippen molar-refractivity contribution in [3.05, 3.63) is 76.8 Å². The first-order chi connectivity index (χ1) is 11.7. The SMILES string of the molecule is N#Cc1ccc(Cn2cncc2CO)cc1Oc1ccccc1Cl. The van der Waals surface area contributed by atoms with E-state index in [0.29, 0.717) is 34.3 Å². The summed E-state index contributed by atoms with van der Waals surface area (Å²) in [6, 6.07) is 14.6. The lowest BCUT2D eigenvalue weighted by Crippen LogP contribution is -2.03. The first-order valence-electron chi connectivity index (χ1n) is 7.26. The van der Waals surface area contributed by atoms with E-state index < -0.39 is 0 Å². The van der Waals surface area contributed by atoms with Crippen LogP contribution in [0.1, 0.15) is 16.8 Å². The molecule has 6 heteroatoms. The van der Waals surface area contributed by atoms with Crippen LogP contribution < -0.4 is 4.74 Å². The minimum absolute atomic E-state index is 0.0841. The Morgan fingerprint density at radius 3 is 2.79 bits per heavy atom. The summed E-state index contributed by atoms with van der Waals surface area (Å²) in [6.45, 7) is 0.430. The molecule has 0 bridgehead atoms. The summed E-state index contributed by atoms with van der Waals surface area (Å²) >= 11 is 6.12. The summed E-state index contributed by atoms with van der Waals surface area (Å²) in [6.07, 6.45) is 3.27. The zero-order valence-electron chi connectivity index (χ0n) is 12.7. The second kappa shape index (κ2) is 7.18. The monoisotopic (exact) mass is 339 g/mol. The molecule has 0 atom stereocenters. The molecule has 0 saturated heterocycles. The van der Waals surface area contributed by atoms with Crippen LogP contribution in [0.3, 0.4) is 0 Å². The van der Waals surface area contributed by atoms with Gasteiger partial charge in [-0.15, -0.1) is 0 Å². The van der Waals surface area contributed by atoms with Gasteiger partial charge < -0.3 is 14.4 Å². The number of nitriles is 1. The average Bonchev–Trinajstić information content (AvgIpc) is 3.04. The van der Waals surface area contributed by atoms with Gasteiger partial charge in [0.05, 0.1) is 35.4 Å². The van der Waals surface area contributed by atoms with Gasteiger partial charge in [-0.3, -0.25) is 0 Å². The topological polar surface area (TPSA) is 71.1 Å². The van der Waals surface area contributed by atoms with Gasteiger partial charge in [0, 0.05) is 6.54 Å². The molecular weight excluding hydrogens is 326 g/mol. The van der Waals surface area contributed by atoms with Gasteiger partial charge in [-0.2, -0.15) is 5.26 Å². The Kier molecular flexibility index (Phi) is 4.80. The van der Waals surface area contributed by atoms with Crippen LogP contribution in [0.5, 0.6) is 11.5 Å². The van der Waals surface area contributed by atoms with Crippen LogP contribution in [-0.2, 0) is 13.2 Å². The van der Waals surface area contributed by atoms with Crippen molar-refractivity contribution >= 4 is 11.6 Å². The number of benzene rings is 2. The Labute approximate surface area is 144 Å². The first kappa shape index (κ1) is 16.1. The van der Waals surface area contributed by atoms with Gasteiger partial charge in [-0.05, 0) is 29.8 Å². The van der Waals surface area contributed by atoms with Crippen LogP contribution in [0.4, 0.5) is 0 Å². The molecule has 0 fully saturated rings. The van der Waals surface area contributed by atoms with Gasteiger partial charge in [0.25, 0.3) is 0 Å². The predicted molar refractivity (Wildman–Crippen MR) is 89.9 cm³/mol. The van der Waals surface area contributed by atoms with E-state index >= 15 is 0 Å². The Hall–Kier alpha value is -2.81. The van der Waals surface area contributed by atoms with Crippen molar-refractivity contribution < 1.29 is 9.84 Å². The van der Waals surface area contributed by atoms with Crippen LogP contribution in [0.2, 0.25) is 5.02 Å². The minimum atomic E-state index is -0.0841. The van der Waals surface area contributed by atoms with Gasteiger partial charge in [0.15, 0.2) is 0 Å². The number of para-hydroxylation sites is 1. The molecular formula is C18H14ClN3O2. The number of ether oxygens (including phenoxy) is 1. The second-order valence-electron chi connectivity index (χ2n) is 5.15. The van der Waals surface area contributed by atoms with Gasteiger partial charge in [-0.1, -0.05) is 29.8 Å². The second-order valence-corrected chi connectivity index (χ2v) is 5.55. The lowest BCUT2D eigenvalue weighted by molar-refractivity contribution is 0.271. The van der Waals surface area contributed by atoms with Gasteiger partial charge in [0.1, 0.15) is 17.6 Å². The molecule has 0 unspecified atom stereocenters. The molecule has 0 aliphatic heterocycles. The highest BCUT2D eigenvalue weighted by atomic mass is 35.5. The van der Waals surface area contributed by atoms with E-state index in [0.717, 1.165) is 5.56 Å². The Morgan fingerprint density at radius 1 is 1.21 bits per heavy atom. The molecule has 1 aromatic heterocycles. The Balaban J connectivity index is 1.91. The van der Waals surface area contributed by atoms with E-state index in [1.807, 2.05) is 22.8 Å². The fourth-order valence-corrected chi connectivity index (χ4v) is 2.48. The maximum absolute atomic E-state index is 9.30. The smallest absolute Gasteiger partial charge is 0.146 e. The number of hydrogen-bond donors (Lipinski definition) is 1. The van der Waals surface area contributed by atoms with E-state index in [2.05, 4.69) is 11.1 Å². The molecule has 0 amide bonds. The molecule has 24 heavy (non-hydrogen) atoms. The zero-order valence-corrected chi connectivity index (χ0v) is 13.4. The van der Waals surface area contributed by atoms with Crippen molar-refractivity contribution in [1.29, 1.82) is 5.26 Å². The molecule has 0 saturated carbocycles. The fourth-order valence-electron chi connectivity index (χ4n) is 2.31. The highest BCUT2D eigenvalue weighted by Gasteiger charge is 2.10. The Bertz CT molecular complexity index is 899. The molecule has 0 spiro atoms. The van der Waals surface area contributed by atoms with Crippen LogP contribution in [0.15, 0.2) is 55.0 Å². The maximum atomic E-state index is 9.30. The molecule has 1 heterocycles. The van der Waals surface area contributed by atoms with Crippen molar-refractivity contribution in [2.24, 2.45) is 0 Å². The van der Waals surface area contributed by atoms with Crippen molar-refractivity contribution in [2.75, 3.05) is 0 Å². The van der Waals surface area contributed by atoms with Gasteiger partial charge in [-0.25, -0.2) is 4.98 Å². The molecule has 3 aromatic rings. The van der Waals surface area contributed by atoms with E-state index in [1.165, 1.54) is 0 Å². The fraction of sp³-hybridized carbons (Fsp3) is 0.111. The van der Waals surface area contributed by atoms with Gasteiger partial charge in [0.2, 0.25) is 0 Å². The molecule has 1 N–H and O–H groups in total. The summed E-state index contributed by atoms with van der Waals surface area (Å²) in [5.74, 6) is 0.931. The summed E-state index contributed by atoms with van der Waals surface area (Å²) in [4.78, 5) is 4.03. The van der Waals surface area contributed by atoms with E-state index in [4.69, 9.17) is 16.3 Å². The minimum Gasteiger partial charge on any atom is -0.454 e. The lowest BCUT2D eigenvalue weighted by Gasteiger charge is -2.12. The van der Waals surface area contributed by atoms with Crippen molar-refractivity contribution in [3.63, 3.8) is 0 Å². The molecule has 3 rings (SSSR count). The zero-order chi connectivity index (χ0) is 16.9. The van der Waals surface area contributed by atoms with Gasteiger partial charge >= 0.3 is 0 Å². The summed E-state index contributed by atoms with van der Waals surface area (Å²) in [5.41, 5.74) is 2.06. The third-order valence-electron chi connectivity index (χ3n) is 3.54. The molecule has 0 aliphatic carbocycles. The van der Waals surface area contributed by atoms with Crippen molar-refractivity contribution in [3.8, 4) is 17.6 Å². The lowest BCUT2D eigenvalue weighted by atomic mass is 10.1. The van der Waals surface area contributed by atoms with E-state index in [1.54, 1.807) is 36.8 Å². The first-order valence-corrected chi connectivity index (χ1v) is 7.64. The number of aliphatic hydroxyl groups excluding tert-OH is 1. The maximum Gasteiger partial charge on any atom is 0.146 e. The molecule has 120 valence electrons. The normalized spacial score (nSPS) is 10.4. The van der Waals surface area contributed by atoms with Crippen LogP contribution in [-0.4, -0.2) is 14.7 Å². The molecule has 0 radical (unpaired) electrons. The third kappa shape index (κ3) is 3.40. The van der Waals surface area contributed by atoms with Crippen molar-refractivity contribution in [1.82, 2.24) is 9.55 Å². The molecule has 2 aromatic carbocycles. The quantitative estimate of drug-likeness (QED) is 0.768. The number of imidazole rings is 1. The summed E-state index contributed by atoms with van der Waals surface area (Å²) < 4.78 is 7.65. The summed E-state index contributed by atoms with van der Waals surface area (Å²) in [7, 11) is 0. The number of aromatic nitrogens is 2. The largest absolute Gasteiger partial charge is 0.454 e. The number of hydrogen-bond acceptors (Lipinski definition) is 4. The molecule has 0 aliphatic rings. The summed E-state index contributed by atoms with van der Waals surface area (Å²) in [5, 5.41) is 19.1. The van der Waals surface area contributed by atoms with Crippen LogP contribution >= 0.6 is 11.6 Å². The number of halogens is 1. The average molecular weight is 340 g/mol. The van der Waals surface area contributed by atoms with Crippen LogP contribution in [0.25, 0.3) is 0 Å².